The van der Waals surface area contributed by atoms with E-state index in [4.69, 9.17) is 23.7 Å². The average molecular weight is 288 g/mol. The molecule has 0 saturated carbocycles. The highest BCUT2D eigenvalue weighted by atomic mass is 16.8. The van der Waals surface area contributed by atoms with Gasteiger partial charge in [-0.2, -0.15) is 0 Å². The predicted octanol–water partition coefficient (Wildman–Crippen LogP) is -0.463. The monoisotopic (exact) mass is 288 g/mol. The molecular weight excluding hydrogens is 272 g/mol. The summed E-state index contributed by atoms with van der Waals surface area (Å²) in [4.78, 5) is 33.6. The predicted molar refractivity (Wildman–Crippen MR) is 61.3 cm³/mol. The van der Waals surface area contributed by atoms with Crippen LogP contribution in [0.2, 0.25) is 0 Å². The van der Waals surface area contributed by atoms with Crippen molar-refractivity contribution in [1.29, 1.82) is 0 Å². The molecule has 5 atom stereocenters. The molecule has 0 N–H and O–H groups in total. The first-order valence-corrected chi connectivity index (χ1v) is 6.17. The van der Waals surface area contributed by atoms with Crippen LogP contribution >= 0.6 is 0 Å². The van der Waals surface area contributed by atoms with E-state index in [2.05, 4.69) is 0 Å². The minimum atomic E-state index is -0.973. The summed E-state index contributed by atoms with van der Waals surface area (Å²) < 4.78 is 26.2. The highest BCUT2D eigenvalue weighted by Crippen LogP contribution is 2.33. The quantitative estimate of drug-likeness (QED) is 0.508. The number of fused-ring (bicyclic) bond motifs is 2. The van der Waals surface area contributed by atoms with E-state index in [1.165, 1.54) is 20.8 Å². The van der Waals surface area contributed by atoms with E-state index in [-0.39, 0.29) is 6.61 Å². The molecule has 0 radical (unpaired) electrons. The lowest BCUT2D eigenvalue weighted by Crippen LogP contribution is -2.58. The van der Waals surface area contributed by atoms with Crippen LogP contribution in [0, 0.1) is 0 Å². The van der Waals surface area contributed by atoms with E-state index < -0.39 is 48.6 Å². The van der Waals surface area contributed by atoms with Crippen molar-refractivity contribution in [2.24, 2.45) is 0 Å². The summed E-state index contributed by atoms with van der Waals surface area (Å²) >= 11 is 0. The van der Waals surface area contributed by atoms with Crippen LogP contribution in [0.25, 0.3) is 0 Å². The first-order chi connectivity index (χ1) is 9.38. The van der Waals surface area contributed by atoms with Crippen LogP contribution in [-0.4, -0.2) is 55.2 Å². The molecule has 0 amide bonds. The van der Waals surface area contributed by atoms with Crippen LogP contribution in [0.4, 0.5) is 0 Å². The second-order valence-electron chi connectivity index (χ2n) is 4.60. The molecule has 2 rings (SSSR count). The fraction of sp³-hybridized carbons (Fsp3) is 0.750. The van der Waals surface area contributed by atoms with Crippen LogP contribution in [0.3, 0.4) is 0 Å². The van der Waals surface area contributed by atoms with Crippen molar-refractivity contribution in [2.45, 2.75) is 51.5 Å². The van der Waals surface area contributed by atoms with Gasteiger partial charge in [0.1, 0.15) is 6.10 Å². The molecule has 1 unspecified atom stereocenters. The minimum absolute atomic E-state index is 0.165. The summed E-state index contributed by atoms with van der Waals surface area (Å²) in [7, 11) is 0. The van der Waals surface area contributed by atoms with E-state index >= 15 is 0 Å². The Morgan fingerprint density at radius 2 is 1.35 bits per heavy atom. The standard InChI is InChI=1S/C12H16O8/c1-5(13)17-9-8-4-16-12(20-8)11(19-7(3)15)10(9)18-6(2)14/h8-12H,4H2,1-3H3/t8?,9-,10+,11-,12-/m1/s1. The zero-order chi connectivity index (χ0) is 14.9. The third-order valence-corrected chi connectivity index (χ3v) is 2.92. The summed E-state index contributed by atoms with van der Waals surface area (Å²) in [5.41, 5.74) is 0. The summed E-state index contributed by atoms with van der Waals surface area (Å²) in [6.45, 7) is 3.83. The van der Waals surface area contributed by atoms with E-state index in [1.54, 1.807) is 0 Å². The molecule has 112 valence electrons. The number of rotatable bonds is 3. The normalized spacial score (nSPS) is 35.2. The minimum Gasteiger partial charge on any atom is -0.456 e. The number of carbonyl (C=O) groups is 3. The fourth-order valence-corrected chi connectivity index (χ4v) is 2.31. The van der Waals surface area contributed by atoms with Gasteiger partial charge in [-0.05, 0) is 0 Å². The highest BCUT2D eigenvalue weighted by Gasteiger charge is 2.55. The van der Waals surface area contributed by atoms with Crippen molar-refractivity contribution in [2.75, 3.05) is 6.61 Å². The van der Waals surface area contributed by atoms with Crippen LogP contribution in [0.5, 0.6) is 0 Å². The molecule has 8 nitrogen and oxygen atoms in total. The molecule has 2 bridgehead atoms. The number of carbonyl (C=O) groups excluding carboxylic acids is 3. The molecule has 8 heteroatoms. The van der Waals surface area contributed by atoms with E-state index in [1.807, 2.05) is 0 Å². The Balaban J connectivity index is 2.24. The van der Waals surface area contributed by atoms with Gasteiger partial charge in [0.25, 0.3) is 0 Å². The molecule has 2 fully saturated rings. The van der Waals surface area contributed by atoms with Gasteiger partial charge < -0.3 is 23.7 Å². The average Bonchev–Trinajstić information content (AvgIpc) is 2.74. The molecule has 2 aliphatic rings. The summed E-state index contributed by atoms with van der Waals surface area (Å²) in [5, 5.41) is 0. The maximum Gasteiger partial charge on any atom is 0.303 e. The second kappa shape index (κ2) is 5.76. The molecule has 2 aliphatic heterocycles. The second-order valence-corrected chi connectivity index (χ2v) is 4.60. The largest absolute Gasteiger partial charge is 0.456 e. The van der Waals surface area contributed by atoms with E-state index in [0.29, 0.717) is 0 Å². The maximum atomic E-state index is 11.2. The van der Waals surface area contributed by atoms with Gasteiger partial charge in [-0.1, -0.05) is 0 Å². The Kier molecular flexibility index (Phi) is 4.24. The smallest absolute Gasteiger partial charge is 0.303 e. The van der Waals surface area contributed by atoms with Crippen molar-refractivity contribution in [3.63, 3.8) is 0 Å². The first-order valence-electron chi connectivity index (χ1n) is 6.17. The van der Waals surface area contributed by atoms with Crippen molar-refractivity contribution in [3.8, 4) is 0 Å². The molecule has 20 heavy (non-hydrogen) atoms. The number of esters is 3. The Morgan fingerprint density at radius 3 is 1.90 bits per heavy atom. The molecule has 0 aromatic heterocycles. The lowest BCUT2D eigenvalue weighted by atomic mass is 10.00. The number of ether oxygens (including phenoxy) is 5. The topological polar surface area (TPSA) is 97.4 Å². The van der Waals surface area contributed by atoms with Gasteiger partial charge in [0, 0.05) is 20.8 Å². The molecule has 0 aromatic rings. The van der Waals surface area contributed by atoms with Gasteiger partial charge in [0.05, 0.1) is 6.61 Å². The Bertz CT molecular complexity index is 390. The van der Waals surface area contributed by atoms with E-state index in [0.717, 1.165) is 0 Å². The number of hydrogen-bond donors (Lipinski definition) is 0. The fourth-order valence-electron chi connectivity index (χ4n) is 2.31. The van der Waals surface area contributed by atoms with Crippen LogP contribution in [-0.2, 0) is 38.1 Å². The molecular formula is C12H16O8. The lowest BCUT2D eigenvalue weighted by molar-refractivity contribution is -0.250. The molecule has 0 spiro atoms. The van der Waals surface area contributed by atoms with Gasteiger partial charge in [-0.15, -0.1) is 0 Å². The van der Waals surface area contributed by atoms with Gasteiger partial charge in [-0.25, -0.2) is 0 Å². The Morgan fingerprint density at radius 1 is 0.850 bits per heavy atom. The van der Waals surface area contributed by atoms with Crippen molar-refractivity contribution < 1.29 is 38.1 Å². The SMILES string of the molecule is CC(=O)O[C@@H]1[C@@H](OC(C)=O)[C@@H]2OCC(O2)[C@H]1OC(C)=O. The number of hydrogen-bond acceptors (Lipinski definition) is 8. The maximum absolute atomic E-state index is 11.2. The lowest BCUT2D eigenvalue weighted by Gasteiger charge is -2.38. The summed E-state index contributed by atoms with van der Waals surface area (Å²) in [6, 6.07) is 0. The van der Waals surface area contributed by atoms with Crippen molar-refractivity contribution in [3.05, 3.63) is 0 Å². The van der Waals surface area contributed by atoms with E-state index in [9.17, 15) is 14.4 Å². The molecule has 0 aliphatic carbocycles. The summed E-state index contributed by atoms with van der Waals surface area (Å²) in [5.74, 6) is -1.71. The highest BCUT2D eigenvalue weighted by molar-refractivity contribution is 5.68. The molecule has 2 heterocycles. The van der Waals surface area contributed by atoms with Crippen molar-refractivity contribution in [1.82, 2.24) is 0 Å². The van der Waals surface area contributed by atoms with Crippen LogP contribution in [0.1, 0.15) is 20.8 Å². The van der Waals surface area contributed by atoms with Crippen LogP contribution in [0.15, 0.2) is 0 Å². The molecule has 0 aromatic carbocycles. The first kappa shape index (κ1) is 14.7. The van der Waals surface area contributed by atoms with Gasteiger partial charge in [-0.3, -0.25) is 14.4 Å². The summed E-state index contributed by atoms with van der Waals surface area (Å²) in [6.07, 6.45) is -4.19. The van der Waals surface area contributed by atoms with Crippen molar-refractivity contribution >= 4 is 17.9 Å². The van der Waals surface area contributed by atoms with Gasteiger partial charge in [0.2, 0.25) is 0 Å². The zero-order valence-corrected chi connectivity index (χ0v) is 11.4. The van der Waals surface area contributed by atoms with Gasteiger partial charge >= 0.3 is 17.9 Å². The third kappa shape index (κ3) is 3.07. The molecule has 2 saturated heterocycles. The van der Waals surface area contributed by atoms with Gasteiger partial charge in [0.15, 0.2) is 24.6 Å². The third-order valence-electron chi connectivity index (χ3n) is 2.92. The Hall–Kier alpha value is -1.67. The van der Waals surface area contributed by atoms with Crippen LogP contribution < -0.4 is 0 Å². The zero-order valence-electron chi connectivity index (χ0n) is 11.4. The Labute approximate surface area is 115 Å².